The molecule has 0 fully saturated rings. The summed E-state index contributed by atoms with van der Waals surface area (Å²) in [5, 5.41) is 4.16. The monoisotopic (exact) mass is 273 g/mol. The van der Waals surface area contributed by atoms with E-state index in [-0.39, 0.29) is 0 Å². The first-order chi connectivity index (χ1) is 9.24. The quantitative estimate of drug-likeness (QED) is 0.786. The SMILES string of the molecule is CCc1cnc(CNc2nc3ccc(C)cc3s2)o1. The van der Waals surface area contributed by atoms with E-state index in [0.717, 1.165) is 22.8 Å². The summed E-state index contributed by atoms with van der Waals surface area (Å²) in [6.45, 7) is 4.71. The number of nitrogens with zero attached hydrogens (tertiary/aromatic N) is 2. The van der Waals surface area contributed by atoms with Gasteiger partial charge in [-0.05, 0) is 24.6 Å². The Bertz CT molecular complexity index is 702. The first-order valence-electron chi connectivity index (χ1n) is 6.29. The minimum atomic E-state index is 0.568. The van der Waals surface area contributed by atoms with E-state index in [1.165, 1.54) is 10.3 Å². The molecule has 0 atom stereocenters. The van der Waals surface area contributed by atoms with Crippen molar-refractivity contribution in [2.75, 3.05) is 5.32 Å². The summed E-state index contributed by atoms with van der Waals surface area (Å²) in [5.74, 6) is 1.61. The first kappa shape index (κ1) is 12.2. The summed E-state index contributed by atoms with van der Waals surface area (Å²) in [7, 11) is 0. The van der Waals surface area contributed by atoms with Gasteiger partial charge in [-0.2, -0.15) is 0 Å². The fourth-order valence-corrected chi connectivity index (χ4v) is 2.81. The van der Waals surface area contributed by atoms with Gasteiger partial charge in [-0.15, -0.1) is 0 Å². The van der Waals surface area contributed by atoms with Gasteiger partial charge in [-0.1, -0.05) is 24.3 Å². The molecule has 0 spiro atoms. The Morgan fingerprint density at radius 1 is 1.37 bits per heavy atom. The first-order valence-corrected chi connectivity index (χ1v) is 7.11. The number of hydrogen-bond donors (Lipinski definition) is 1. The lowest BCUT2D eigenvalue weighted by atomic mass is 10.2. The van der Waals surface area contributed by atoms with E-state index < -0.39 is 0 Å². The number of oxazole rings is 1. The van der Waals surface area contributed by atoms with Gasteiger partial charge in [0.05, 0.1) is 23.0 Å². The number of thiazole rings is 1. The number of aryl methyl sites for hydroxylation is 2. The molecule has 0 saturated carbocycles. The van der Waals surface area contributed by atoms with Crippen LogP contribution in [0.1, 0.15) is 24.1 Å². The molecule has 5 heteroatoms. The molecule has 0 amide bonds. The van der Waals surface area contributed by atoms with E-state index in [1.54, 1.807) is 17.5 Å². The third kappa shape index (κ3) is 2.61. The number of anilines is 1. The molecule has 0 radical (unpaired) electrons. The maximum absolute atomic E-state index is 5.55. The average molecular weight is 273 g/mol. The molecule has 19 heavy (non-hydrogen) atoms. The number of rotatable bonds is 4. The molecule has 2 aromatic heterocycles. The second kappa shape index (κ2) is 5.01. The summed E-state index contributed by atoms with van der Waals surface area (Å²) < 4.78 is 6.75. The number of benzene rings is 1. The molecule has 4 nitrogen and oxygen atoms in total. The molecular weight excluding hydrogens is 258 g/mol. The molecule has 0 aliphatic heterocycles. The number of nitrogens with one attached hydrogen (secondary N) is 1. The van der Waals surface area contributed by atoms with Crippen LogP contribution in [0, 0.1) is 6.92 Å². The van der Waals surface area contributed by atoms with Crippen LogP contribution in [0.3, 0.4) is 0 Å². The normalized spacial score (nSPS) is 11.1. The van der Waals surface area contributed by atoms with Crippen LogP contribution in [-0.2, 0) is 13.0 Å². The van der Waals surface area contributed by atoms with Crippen molar-refractivity contribution >= 4 is 26.7 Å². The van der Waals surface area contributed by atoms with Crippen molar-refractivity contribution in [3.63, 3.8) is 0 Å². The highest BCUT2D eigenvalue weighted by Crippen LogP contribution is 2.26. The molecule has 0 saturated heterocycles. The third-order valence-electron chi connectivity index (χ3n) is 2.88. The van der Waals surface area contributed by atoms with Crippen molar-refractivity contribution in [1.29, 1.82) is 0 Å². The van der Waals surface area contributed by atoms with Gasteiger partial charge in [0.1, 0.15) is 5.76 Å². The molecule has 0 aliphatic carbocycles. The average Bonchev–Trinajstić information content (AvgIpc) is 3.01. The Kier molecular flexibility index (Phi) is 3.21. The van der Waals surface area contributed by atoms with Crippen LogP contribution in [0.4, 0.5) is 5.13 Å². The predicted molar refractivity (Wildman–Crippen MR) is 77.6 cm³/mol. The lowest BCUT2D eigenvalue weighted by Crippen LogP contribution is -1.98. The van der Waals surface area contributed by atoms with Crippen LogP contribution in [0.15, 0.2) is 28.8 Å². The molecule has 0 unspecified atom stereocenters. The van der Waals surface area contributed by atoms with Crippen molar-refractivity contribution in [3.05, 3.63) is 41.6 Å². The Balaban J connectivity index is 1.74. The van der Waals surface area contributed by atoms with Gasteiger partial charge in [0, 0.05) is 6.42 Å². The minimum absolute atomic E-state index is 0.568. The second-order valence-corrected chi connectivity index (χ2v) is 5.45. The van der Waals surface area contributed by atoms with Crippen LogP contribution < -0.4 is 5.32 Å². The summed E-state index contributed by atoms with van der Waals surface area (Å²) in [5.41, 5.74) is 2.28. The topological polar surface area (TPSA) is 51.0 Å². The zero-order valence-electron chi connectivity index (χ0n) is 10.9. The summed E-state index contributed by atoms with van der Waals surface area (Å²) in [6, 6.07) is 6.28. The van der Waals surface area contributed by atoms with E-state index in [1.807, 2.05) is 13.0 Å². The zero-order chi connectivity index (χ0) is 13.2. The maximum atomic E-state index is 5.55. The lowest BCUT2D eigenvalue weighted by Gasteiger charge is -1.97. The molecule has 0 bridgehead atoms. The van der Waals surface area contributed by atoms with Gasteiger partial charge in [-0.3, -0.25) is 0 Å². The van der Waals surface area contributed by atoms with Crippen LogP contribution >= 0.6 is 11.3 Å². The van der Waals surface area contributed by atoms with Gasteiger partial charge in [0.25, 0.3) is 0 Å². The second-order valence-electron chi connectivity index (χ2n) is 4.42. The standard InChI is InChI=1S/C14H15N3OS/c1-3-10-7-15-13(18-10)8-16-14-17-11-5-4-9(2)6-12(11)19-14/h4-7H,3,8H2,1-2H3,(H,16,17). The molecule has 3 aromatic rings. The van der Waals surface area contributed by atoms with Gasteiger partial charge < -0.3 is 9.73 Å². The van der Waals surface area contributed by atoms with Gasteiger partial charge in [0.15, 0.2) is 5.13 Å². The smallest absolute Gasteiger partial charge is 0.213 e. The number of hydrogen-bond acceptors (Lipinski definition) is 5. The third-order valence-corrected chi connectivity index (χ3v) is 3.86. The predicted octanol–water partition coefficient (Wildman–Crippen LogP) is 3.77. The molecular formula is C14H15N3OS. The van der Waals surface area contributed by atoms with Gasteiger partial charge in [-0.25, -0.2) is 9.97 Å². The highest BCUT2D eigenvalue weighted by atomic mass is 32.1. The summed E-state index contributed by atoms with van der Waals surface area (Å²) in [6.07, 6.45) is 2.64. The van der Waals surface area contributed by atoms with Crippen molar-refractivity contribution in [2.45, 2.75) is 26.8 Å². The Labute approximate surface area is 115 Å². The minimum Gasteiger partial charge on any atom is -0.444 e. The van der Waals surface area contributed by atoms with Crippen LogP contribution in [-0.4, -0.2) is 9.97 Å². The fraction of sp³-hybridized carbons (Fsp3) is 0.286. The van der Waals surface area contributed by atoms with Crippen LogP contribution in [0.2, 0.25) is 0 Å². The van der Waals surface area contributed by atoms with Crippen molar-refractivity contribution < 1.29 is 4.42 Å². The van der Waals surface area contributed by atoms with Crippen LogP contribution in [0.5, 0.6) is 0 Å². The van der Waals surface area contributed by atoms with Crippen molar-refractivity contribution in [1.82, 2.24) is 9.97 Å². The molecule has 98 valence electrons. The molecule has 3 rings (SSSR count). The maximum Gasteiger partial charge on any atom is 0.213 e. The highest BCUT2D eigenvalue weighted by molar-refractivity contribution is 7.22. The Hall–Kier alpha value is -1.88. The van der Waals surface area contributed by atoms with E-state index in [9.17, 15) is 0 Å². The van der Waals surface area contributed by atoms with Gasteiger partial charge in [0.2, 0.25) is 5.89 Å². The molecule has 2 heterocycles. The van der Waals surface area contributed by atoms with E-state index in [0.29, 0.717) is 12.4 Å². The molecule has 1 N–H and O–H groups in total. The highest BCUT2D eigenvalue weighted by Gasteiger charge is 2.06. The fourth-order valence-electron chi connectivity index (χ4n) is 1.85. The lowest BCUT2D eigenvalue weighted by molar-refractivity contribution is 0.466. The van der Waals surface area contributed by atoms with Crippen molar-refractivity contribution in [2.24, 2.45) is 0 Å². The Morgan fingerprint density at radius 2 is 2.26 bits per heavy atom. The van der Waals surface area contributed by atoms with E-state index in [2.05, 4.69) is 34.3 Å². The molecule has 0 aliphatic rings. The van der Waals surface area contributed by atoms with Gasteiger partial charge >= 0.3 is 0 Å². The van der Waals surface area contributed by atoms with E-state index >= 15 is 0 Å². The zero-order valence-corrected chi connectivity index (χ0v) is 11.8. The number of fused-ring (bicyclic) bond motifs is 1. The largest absolute Gasteiger partial charge is 0.444 e. The molecule has 1 aromatic carbocycles. The summed E-state index contributed by atoms with van der Waals surface area (Å²) in [4.78, 5) is 8.75. The van der Waals surface area contributed by atoms with E-state index in [4.69, 9.17) is 4.42 Å². The summed E-state index contributed by atoms with van der Waals surface area (Å²) >= 11 is 1.65. The Morgan fingerprint density at radius 3 is 3.05 bits per heavy atom. The number of aromatic nitrogens is 2. The van der Waals surface area contributed by atoms with Crippen molar-refractivity contribution in [3.8, 4) is 0 Å². The van der Waals surface area contributed by atoms with Crippen LogP contribution in [0.25, 0.3) is 10.2 Å².